The third-order valence-electron chi connectivity index (χ3n) is 3.79. The Bertz CT molecular complexity index is 933. The Hall–Kier alpha value is -1.96. The van der Waals surface area contributed by atoms with Gasteiger partial charge in [0.15, 0.2) is 0 Å². The van der Waals surface area contributed by atoms with E-state index >= 15 is 0 Å². The maximum atomic E-state index is 12.4. The number of nitrogens with zero attached hydrogens (tertiary/aromatic N) is 1. The van der Waals surface area contributed by atoms with E-state index in [1.807, 2.05) is 31.2 Å². The van der Waals surface area contributed by atoms with Crippen molar-refractivity contribution in [2.24, 2.45) is 0 Å². The summed E-state index contributed by atoms with van der Waals surface area (Å²) in [4.78, 5) is 12.4. The number of carbonyl (C=O) groups excluding carboxylic acids is 1. The summed E-state index contributed by atoms with van der Waals surface area (Å²) in [5.74, 6) is 0.205. The van der Waals surface area contributed by atoms with Crippen LogP contribution in [0.1, 0.15) is 12.5 Å². The molecule has 2 aromatic carbocycles. The first-order chi connectivity index (χ1) is 13.1. The van der Waals surface area contributed by atoms with Gasteiger partial charge in [-0.1, -0.05) is 40.9 Å². The number of anilines is 1. The number of hydrogen-bond donors (Lipinski definition) is 1. The molecule has 0 heterocycles. The summed E-state index contributed by atoms with van der Waals surface area (Å²) in [7, 11) is -3.75. The van der Waals surface area contributed by atoms with Crippen molar-refractivity contribution in [3.05, 3.63) is 58.1 Å². The highest BCUT2D eigenvalue weighted by molar-refractivity contribution is 7.92. The third kappa shape index (κ3) is 6.58. The summed E-state index contributed by atoms with van der Waals surface area (Å²) in [6.07, 6.45) is 1.00. The zero-order valence-corrected chi connectivity index (χ0v) is 18.1. The average Bonchev–Trinajstić information content (AvgIpc) is 2.60. The second-order valence-corrected chi connectivity index (χ2v) is 9.21. The number of aryl methyl sites for hydroxylation is 1. The van der Waals surface area contributed by atoms with Crippen LogP contribution in [0.4, 0.5) is 5.69 Å². The lowest BCUT2D eigenvalue weighted by Gasteiger charge is -2.24. The van der Waals surface area contributed by atoms with Gasteiger partial charge in [-0.15, -0.1) is 0 Å². The van der Waals surface area contributed by atoms with Crippen molar-refractivity contribution in [1.82, 2.24) is 5.32 Å². The van der Waals surface area contributed by atoms with Gasteiger partial charge in [-0.3, -0.25) is 9.10 Å². The zero-order chi connectivity index (χ0) is 20.9. The molecule has 152 valence electrons. The van der Waals surface area contributed by atoms with Gasteiger partial charge >= 0.3 is 0 Å². The van der Waals surface area contributed by atoms with E-state index in [-0.39, 0.29) is 23.4 Å². The summed E-state index contributed by atoms with van der Waals surface area (Å²) in [5.41, 5.74) is 1.27. The van der Waals surface area contributed by atoms with E-state index in [0.717, 1.165) is 16.1 Å². The minimum atomic E-state index is -3.75. The first-order valence-electron chi connectivity index (χ1n) is 8.48. The average molecular weight is 445 g/mol. The first-order valence-corrected chi connectivity index (χ1v) is 11.1. The van der Waals surface area contributed by atoms with Crippen molar-refractivity contribution in [3.63, 3.8) is 0 Å². The number of ether oxygens (including phenoxy) is 1. The minimum Gasteiger partial charge on any atom is -0.491 e. The monoisotopic (exact) mass is 444 g/mol. The van der Waals surface area contributed by atoms with Crippen molar-refractivity contribution in [3.8, 4) is 5.75 Å². The predicted molar refractivity (Wildman–Crippen MR) is 113 cm³/mol. The van der Waals surface area contributed by atoms with Gasteiger partial charge < -0.3 is 10.1 Å². The molecule has 0 aliphatic heterocycles. The number of nitrogens with one attached hydrogen (secondary N) is 1. The van der Waals surface area contributed by atoms with Crippen LogP contribution in [0.2, 0.25) is 10.0 Å². The molecular formula is C19H22Cl2N2O4S. The molecule has 28 heavy (non-hydrogen) atoms. The Morgan fingerprint density at radius 2 is 1.82 bits per heavy atom. The van der Waals surface area contributed by atoms with Crippen molar-refractivity contribution in [1.29, 1.82) is 0 Å². The smallest absolute Gasteiger partial charge is 0.241 e. The molecule has 0 bridgehead atoms. The van der Waals surface area contributed by atoms with Crippen LogP contribution in [0, 0.1) is 6.92 Å². The van der Waals surface area contributed by atoms with E-state index in [1.165, 1.54) is 12.1 Å². The van der Waals surface area contributed by atoms with E-state index in [9.17, 15) is 13.2 Å². The standard InChI is InChI=1S/C19H22Cl2N2O4S/c1-13-4-7-16(8-5-13)27-12-14(2)22-19(24)11-23(28(3,25)26)18-10-15(20)6-9-17(18)21/h4-10,14H,11-12H2,1-3H3,(H,22,24). The van der Waals surface area contributed by atoms with Crippen LogP contribution in [-0.4, -0.2) is 39.8 Å². The molecule has 0 fully saturated rings. The van der Waals surface area contributed by atoms with Crippen molar-refractivity contribution < 1.29 is 17.9 Å². The maximum absolute atomic E-state index is 12.4. The number of carbonyl (C=O) groups is 1. The highest BCUT2D eigenvalue weighted by atomic mass is 35.5. The number of sulfonamides is 1. The molecule has 2 aromatic rings. The largest absolute Gasteiger partial charge is 0.491 e. The van der Waals surface area contributed by atoms with Crippen LogP contribution in [-0.2, 0) is 14.8 Å². The second-order valence-electron chi connectivity index (χ2n) is 6.46. The lowest BCUT2D eigenvalue weighted by Crippen LogP contribution is -2.45. The Morgan fingerprint density at radius 3 is 2.43 bits per heavy atom. The van der Waals surface area contributed by atoms with Gasteiger partial charge in [0.05, 0.1) is 23.0 Å². The van der Waals surface area contributed by atoms with Gasteiger partial charge in [0, 0.05) is 5.02 Å². The lowest BCUT2D eigenvalue weighted by atomic mass is 10.2. The molecule has 2 rings (SSSR count). The highest BCUT2D eigenvalue weighted by Crippen LogP contribution is 2.30. The normalized spacial score (nSPS) is 12.3. The SMILES string of the molecule is Cc1ccc(OCC(C)NC(=O)CN(c2cc(Cl)ccc2Cl)S(C)(=O)=O)cc1. The predicted octanol–water partition coefficient (Wildman–Crippen LogP) is 3.65. The molecule has 0 aliphatic carbocycles. The van der Waals surface area contributed by atoms with Crippen molar-refractivity contribution >= 4 is 44.8 Å². The summed E-state index contributed by atoms with van der Waals surface area (Å²) < 4.78 is 30.9. The maximum Gasteiger partial charge on any atom is 0.241 e. The number of halogens is 2. The van der Waals surface area contributed by atoms with Crippen LogP contribution in [0.15, 0.2) is 42.5 Å². The molecule has 0 radical (unpaired) electrons. The molecule has 0 aliphatic rings. The summed E-state index contributed by atoms with van der Waals surface area (Å²) in [6, 6.07) is 11.6. The van der Waals surface area contributed by atoms with E-state index in [0.29, 0.717) is 10.8 Å². The van der Waals surface area contributed by atoms with E-state index in [1.54, 1.807) is 13.0 Å². The number of hydrogen-bond acceptors (Lipinski definition) is 4. The van der Waals surface area contributed by atoms with E-state index in [2.05, 4.69) is 5.32 Å². The zero-order valence-electron chi connectivity index (χ0n) is 15.8. The molecule has 0 saturated heterocycles. The molecular weight excluding hydrogens is 423 g/mol. The minimum absolute atomic E-state index is 0.148. The fourth-order valence-electron chi connectivity index (χ4n) is 2.41. The highest BCUT2D eigenvalue weighted by Gasteiger charge is 2.24. The Kier molecular flexibility index (Phi) is 7.57. The van der Waals surface area contributed by atoms with Crippen molar-refractivity contribution in [2.45, 2.75) is 19.9 Å². The molecule has 9 heteroatoms. The Labute approximate surface area is 175 Å². The van der Waals surface area contributed by atoms with Gasteiger partial charge in [-0.2, -0.15) is 0 Å². The van der Waals surface area contributed by atoms with Crippen LogP contribution in [0.25, 0.3) is 0 Å². The third-order valence-corrected chi connectivity index (χ3v) is 5.47. The van der Waals surface area contributed by atoms with Gasteiger partial charge in [0.1, 0.15) is 18.9 Å². The molecule has 0 spiro atoms. The number of benzene rings is 2. The molecule has 1 amide bonds. The van der Waals surface area contributed by atoms with Crippen LogP contribution >= 0.6 is 23.2 Å². The molecule has 1 N–H and O–H groups in total. The van der Waals surface area contributed by atoms with Crippen LogP contribution in [0.5, 0.6) is 5.75 Å². The summed E-state index contributed by atoms with van der Waals surface area (Å²) in [5, 5.41) is 3.21. The quantitative estimate of drug-likeness (QED) is 0.673. The number of rotatable bonds is 8. The Morgan fingerprint density at radius 1 is 1.18 bits per heavy atom. The van der Waals surface area contributed by atoms with Crippen LogP contribution < -0.4 is 14.4 Å². The Balaban J connectivity index is 2.01. The van der Waals surface area contributed by atoms with Crippen LogP contribution in [0.3, 0.4) is 0 Å². The molecule has 0 aromatic heterocycles. The van der Waals surface area contributed by atoms with E-state index < -0.39 is 22.5 Å². The second kappa shape index (κ2) is 9.49. The molecule has 6 nitrogen and oxygen atoms in total. The van der Waals surface area contributed by atoms with E-state index in [4.69, 9.17) is 27.9 Å². The molecule has 1 atom stereocenters. The lowest BCUT2D eigenvalue weighted by molar-refractivity contribution is -0.120. The summed E-state index contributed by atoms with van der Waals surface area (Å²) >= 11 is 12.0. The van der Waals surface area contributed by atoms with Gasteiger partial charge in [-0.05, 0) is 44.2 Å². The first kappa shape index (κ1) is 22.3. The number of amides is 1. The van der Waals surface area contributed by atoms with Crippen molar-refractivity contribution in [2.75, 3.05) is 23.7 Å². The van der Waals surface area contributed by atoms with Gasteiger partial charge in [0.2, 0.25) is 15.9 Å². The topological polar surface area (TPSA) is 75.7 Å². The molecule has 0 saturated carbocycles. The van der Waals surface area contributed by atoms with Gasteiger partial charge in [-0.25, -0.2) is 8.42 Å². The molecule has 1 unspecified atom stereocenters. The summed E-state index contributed by atoms with van der Waals surface area (Å²) in [6.45, 7) is 3.56. The van der Waals surface area contributed by atoms with Gasteiger partial charge in [0.25, 0.3) is 0 Å². The fourth-order valence-corrected chi connectivity index (χ4v) is 3.70. The fraction of sp³-hybridized carbons (Fsp3) is 0.316.